The van der Waals surface area contributed by atoms with Crippen LogP contribution in [0.2, 0.25) is 0 Å². The van der Waals surface area contributed by atoms with Crippen LogP contribution in [0.5, 0.6) is 11.5 Å². The minimum atomic E-state index is 0.159. The van der Waals surface area contributed by atoms with E-state index in [1.165, 1.54) is 0 Å². The number of carbonyl (C=O) groups is 1. The fourth-order valence-corrected chi connectivity index (χ4v) is 1.49. The Balaban J connectivity index is 2.90. The Morgan fingerprint density at radius 2 is 2.00 bits per heavy atom. The molecule has 1 rings (SSSR count). The summed E-state index contributed by atoms with van der Waals surface area (Å²) in [6.45, 7) is 4.14. The van der Waals surface area contributed by atoms with Crippen LogP contribution < -0.4 is 9.47 Å². The maximum atomic E-state index is 10.9. The zero-order valence-corrected chi connectivity index (χ0v) is 10.0. The van der Waals surface area contributed by atoms with Crippen molar-refractivity contribution in [3.05, 3.63) is 23.8 Å². The Morgan fingerprint density at radius 3 is 2.50 bits per heavy atom. The molecular weight excluding hydrogens is 204 g/mol. The van der Waals surface area contributed by atoms with Crippen LogP contribution in [0.1, 0.15) is 37.0 Å². The highest BCUT2D eigenvalue weighted by Crippen LogP contribution is 2.24. The third-order valence-corrected chi connectivity index (χ3v) is 2.55. The molecule has 0 aromatic heterocycles. The summed E-state index contributed by atoms with van der Waals surface area (Å²) in [7, 11) is 1.57. The number of benzene rings is 1. The van der Waals surface area contributed by atoms with Crippen LogP contribution >= 0.6 is 0 Å². The van der Waals surface area contributed by atoms with Gasteiger partial charge in [-0.2, -0.15) is 0 Å². The van der Waals surface area contributed by atoms with Gasteiger partial charge in [0.05, 0.1) is 18.8 Å². The maximum absolute atomic E-state index is 10.9. The molecule has 88 valence electrons. The molecule has 0 fully saturated rings. The van der Waals surface area contributed by atoms with Gasteiger partial charge in [0.25, 0.3) is 0 Å². The minimum Gasteiger partial charge on any atom is -0.497 e. The molecule has 0 N–H and O–H groups in total. The lowest BCUT2D eigenvalue weighted by Crippen LogP contribution is -2.14. The van der Waals surface area contributed by atoms with Crippen LogP contribution in [0.15, 0.2) is 18.2 Å². The van der Waals surface area contributed by atoms with Gasteiger partial charge in [0.2, 0.25) is 0 Å². The van der Waals surface area contributed by atoms with Crippen molar-refractivity contribution < 1.29 is 14.3 Å². The lowest BCUT2D eigenvalue weighted by molar-refractivity contribution is 0.111. The van der Waals surface area contributed by atoms with Crippen LogP contribution in [0.25, 0.3) is 0 Å². The van der Waals surface area contributed by atoms with Crippen molar-refractivity contribution in [2.24, 2.45) is 0 Å². The summed E-state index contributed by atoms with van der Waals surface area (Å²) in [6.07, 6.45) is 2.81. The van der Waals surface area contributed by atoms with Gasteiger partial charge in [-0.25, -0.2) is 0 Å². The summed E-state index contributed by atoms with van der Waals surface area (Å²) in [5, 5.41) is 0. The number of carbonyl (C=O) groups excluding carboxylic acids is 1. The monoisotopic (exact) mass is 222 g/mol. The Hall–Kier alpha value is -1.51. The van der Waals surface area contributed by atoms with Gasteiger partial charge < -0.3 is 9.47 Å². The molecule has 1 aromatic carbocycles. The summed E-state index contributed by atoms with van der Waals surface area (Å²) >= 11 is 0. The first kappa shape index (κ1) is 12.6. The molecule has 3 nitrogen and oxygen atoms in total. The summed E-state index contributed by atoms with van der Waals surface area (Å²) < 4.78 is 10.8. The highest BCUT2D eigenvalue weighted by molar-refractivity contribution is 5.80. The zero-order chi connectivity index (χ0) is 12.0. The SMILES string of the molecule is CCC(CC)Oc1ccc(OC)cc1C=O. The van der Waals surface area contributed by atoms with E-state index in [1.807, 2.05) is 0 Å². The largest absolute Gasteiger partial charge is 0.497 e. The van der Waals surface area contributed by atoms with Gasteiger partial charge in [-0.15, -0.1) is 0 Å². The molecule has 0 atom stereocenters. The Kier molecular flexibility index (Phi) is 4.83. The molecule has 0 radical (unpaired) electrons. The van der Waals surface area contributed by atoms with E-state index < -0.39 is 0 Å². The van der Waals surface area contributed by atoms with Gasteiger partial charge in [0.1, 0.15) is 11.5 Å². The van der Waals surface area contributed by atoms with E-state index in [0.717, 1.165) is 19.1 Å². The van der Waals surface area contributed by atoms with Crippen molar-refractivity contribution in [3.8, 4) is 11.5 Å². The predicted octanol–water partition coefficient (Wildman–Crippen LogP) is 3.08. The first-order valence-corrected chi connectivity index (χ1v) is 5.55. The normalized spacial score (nSPS) is 10.2. The highest BCUT2D eigenvalue weighted by atomic mass is 16.5. The smallest absolute Gasteiger partial charge is 0.153 e. The van der Waals surface area contributed by atoms with Gasteiger partial charge in [-0.1, -0.05) is 13.8 Å². The standard InChI is InChI=1S/C13H18O3/c1-4-11(5-2)16-13-7-6-12(15-3)8-10(13)9-14/h6-9,11H,4-5H2,1-3H3. The molecule has 16 heavy (non-hydrogen) atoms. The van der Waals surface area contributed by atoms with Crippen LogP contribution in [-0.2, 0) is 0 Å². The van der Waals surface area contributed by atoms with E-state index >= 15 is 0 Å². The molecule has 0 amide bonds. The molecule has 0 saturated heterocycles. The molecule has 0 aliphatic rings. The molecular formula is C13H18O3. The van der Waals surface area contributed by atoms with E-state index in [2.05, 4.69) is 13.8 Å². The van der Waals surface area contributed by atoms with Gasteiger partial charge in [-0.05, 0) is 31.0 Å². The molecule has 0 aliphatic carbocycles. The summed E-state index contributed by atoms with van der Waals surface area (Å²) in [6, 6.07) is 5.26. The second-order valence-electron chi connectivity index (χ2n) is 3.58. The number of aldehydes is 1. The second-order valence-corrected chi connectivity index (χ2v) is 3.58. The van der Waals surface area contributed by atoms with E-state index in [9.17, 15) is 4.79 Å². The van der Waals surface area contributed by atoms with Gasteiger partial charge in [0.15, 0.2) is 6.29 Å². The molecule has 0 saturated carbocycles. The second kappa shape index (κ2) is 6.16. The van der Waals surface area contributed by atoms with Gasteiger partial charge in [-0.3, -0.25) is 4.79 Å². The first-order chi connectivity index (χ1) is 7.74. The lowest BCUT2D eigenvalue weighted by Gasteiger charge is -2.17. The van der Waals surface area contributed by atoms with E-state index in [1.54, 1.807) is 25.3 Å². The number of ether oxygens (including phenoxy) is 2. The van der Waals surface area contributed by atoms with E-state index in [-0.39, 0.29) is 6.10 Å². The van der Waals surface area contributed by atoms with Crippen LogP contribution in [0.4, 0.5) is 0 Å². The summed E-state index contributed by atoms with van der Waals surface area (Å²) in [5.41, 5.74) is 0.534. The summed E-state index contributed by atoms with van der Waals surface area (Å²) in [5.74, 6) is 1.29. The molecule has 0 heterocycles. The Bertz CT molecular complexity index is 343. The third-order valence-electron chi connectivity index (χ3n) is 2.55. The molecule has 0 aliphatic heterocycles. The third kappa shape index (κ3) is 2.99. The maximum Gasteiger partial charge on any atom is 0.153 e. The summed E-state index contributed by atoms with van der Waals surface area (Å²) in [4.78, 5) is 10.9. The first-order valence-electron chi connectivity index (χ1n) is 5.55. The number of methoxy groups -OCH3 is 1. The quantitative estimate of drug-likeness (QED) is 0.694. The van der Waals surface area contributed by atoms with Crippen LogP contribution in [0.3, 0.4) is 0 Å². The van der Waals surface area contributed by atoms with Crippen LogP contribution in [-0.4, -0.2) is 19.5 Å². The van der Waals surface area contributed by atoms with Crippen molar-refractivity contribution >= 4 is 6.29 Å². The average Bonchev–Trinajstić information content (AvgIpc) is 2.35. The number of hydrogen-bond acceptors (Lipinski definition) is 3. The Labute approximate surface area is 96.4 Å². The lowest BCUT2D eigenvalue weighted by atomic mass is 10.2. The minimum absolute atomic E-state index is 0.159. The van der Waals surface area contributed by atoms with Crippen molar-refractivity contribution in [3.63, 3.8) is 0 Å². The fourth-order valence-electron chi connectivity index (χ4n) is 1.49. The van der Waals surface area contributed by atoms with Crippen molar-refractivity contribution in [1.29, 1.82) is 0 Å². The van der Waals surface area contributed by atoms with Crippen LogP contribution in [0, 0.1) is 0 Å². The molecule has 1 aromatic rings. The van der Waals surface area contributed by atoms with Crippen molar-refractivity contribution in [2.75, 3.05) is 7.11 Å². The Morgan fingerprint density at radius 1 is 1.31 bits per heavy atom. The van der Waals surface area contributed by atoms with E-state index in [4.69, 9.17) is 9.47 Å². The number of hydrogen-bond donors (Lipinski definition) is 0. The molecule has 0 spiro atoms. The van der Waals surface area contributed by atoms with Gasteiger partial charge >= 0.3 is 0 Å². The average molecular weight is 222 g/mol. The zero-order valence-electron chi connectivity index (χ0n) is 10.0. The van der Waals surface area contributed by atoms with Gasteiger partial charge in [0, 0.05) is 0 Å². The van der Waals surface area contributed by atoms with Crippen molar-refractivity contribution in [1.82, 2.24) is 0 Å². The highest BCUT2D eigenvalue weighted by Gasteiger charge is 2.09. The molecule has 0 bridgehead atoms. The molecule has 0 unspecified atom stereocenters. The number of rotatable bonds is 6. The predicted molar refractivity (Wildman–Crippen MR) is 63.4 cm³/mol. The molecule has 3 heteroatoms. The topological polar surface area (TPSA) is 35.5 Å². The fraction of sp³-hybridized carbons (Fsp3) is 0.462. The van der Waals surface area contributed by atoms with E-state index in [0.29, 0.717) is 17.1 Å². The van der Waals surface area contributed by atoms with Crippen molar-refractivity contribution in [2.45, 2.75) is 32.8 Å².